The molecule has 0 unspecified atom stereocenters. The summed E-state index contributed by atoms with van der Waals surface area (Å²) in [5.74, 6) is -0.344. The minimum atomic E-state index is -4.66. The molecule has 0 saturated carbocycles. The largest absolute Gasteiger partial charge is 0.504 e. The molecule has 0 aliphatic carbocycles. The topological polar surface area (TPSA) is 49.8 Å². The predicted molar refractivity (Wildman–Crippen MR) is 111 cm³/mol. The van der Waals surface area contributed by atoms with Crippen molar-refractivity contribution in [1.29, 1.82) is 0 Å². The van der Waals surface area contributed by atoms with Crippen LogP contribution in [-0.4, -0.2) is 21.9 Å². The van der Waals surface area contributed by atoms with Gasteiger partial charge in [-0.15, -0.1) is 0 Å². The first-order valence-electron chi connectivity index (χ1n) is 8.22. The maximum absolute atomic E-state index is 13.1. The molecule has 2 aromatic carbocycles. The molecule has 2 aromatic rings. The van der Waals surface area contributed by atoms with E-state index in [4.69, 9.17) is 28.6 Å². The molecule has 1 heterocycles. The number of ether oxygens (including phenoxy) is 1. The van der Waals surface area contributed by atoms with Crippen molar-refractivity contribution in [3.05, 3.63) is 57.5 Å². The van der Waals surface area contributed by atoms with E-state index >= 15 is 0 Å². The minimum Gasteiger partial charge on any atom is -0.504 e. The molecule has 152 valence electrons. The van der Waals surface area contributed by atoms with Gasteiger partial charge < -0.3 is 9.84 Å². The maximum atomic E-state index is 13.1. The molecule has 1 N–H and O–H groups in total. The number of hydrogen-bond donors (Lipinski definition) is 1. The van der Waals surface area contributed by atoms with Gasteiger partial charge >= 0.3 is 6.18 Å². The van der Waals surface area contributed by atoms with Gasteiger partial charge in [0.1, 0.15) is 0 Å². The SMILES string of the molecule is CCOc1cc(/C=C2\SC(=S)N(c3ccc(Cl)c(C(F)(F)F)c3)C2=O)ccc1O. The third-order valence-corrected chi connectivity index (χ3v) is 5.52. The number of halogens is 4. The Morgan fingerprint density at radius 1 is 1.28 bits per heavy atom. The Balaban J connectivity index is 1.95. The Hall–Kier alpha value is -2.23. The summed E-state index contributed by atoms with van der Waals surface area (Å²) in [6.45, 7) is 2.11. The summed E-state index contributed by atoms with van der Waals surface area (Å²) in [4.78, 5) is 14.1. The quantitative estimate of drug-likeness (QED) is 0.458. The van der Waals surface area contributed by atoms with E-state index in [0.29, 0.717) is 12.2 Å². The Kier molecular flexibility index (Phi) is 6.11. The fourth-order valence-electron chi connectivity index (χ4n) is 2.60. The van der Waals surface area contributed by atoms with Crippen LogP contribution in [0.15, 0.2) is 41.3 Å². The van der Waals surface area contributed by atoms with Gasteiger partial charge in [-0.05, 0) is 48.9 Å². The number of phenols is 1. The van der Waals surface area contributed by atoms with E-state index in [-0.39, 0.29) is 26.4 Å². The van der Waals surface area contributed by atoms with E-state index in [0.717, 1.165) is 28.8 Å². The first kappa shape index (κ1) is 21.5. The fraction of sp³-hybridized carbons (Fsp3) is 0.158. The Bertz CT molecular complexity index is 1020. The highest BCUT2D eigenvalue weighted by molar-refractivity contribution is 8.27. The van der Waals surface area contributed by atoms with Gasteiger partial charge in [0, 0.05) is 0 Å². The zero-order valence-corrected chi connectivity index (χ0v) is 17.2. The molecule has 10 heteroatoms. The number of aromatic hydroxyl groups is 1. The van der Waals surface area contributed by atoms with Gasteiger partial charge in [-0.2, -0.15) is 13.2 Å². The molecule has 29 heavy (non-hydrogen) atoms. The van der Waals surface area contributed by atoms with Crippen molar-refractivity contribution in [3.63, 3.8) is 0 Å². The van der Waals surface area contributed by atoms with Crippen LogP contribution in [0.2, 0.25) is 5.02 Å². The smallest absolute Gasteiger partial charge is 0.417 e. The van der Waals surface area contributed by atoms with Gasteiger partial charge in [0.25, 0.3) is 5.91 Å². The summed E-state index contributed by atoms with van der Waals surface area (Å²) in [6, 6.07) is 7.73. The van der Waals surface area contributed by atoms with Crippen molar-refractivity contribution < 1.29 is 27.8 Å². The molecule has 1 fully saturated rings. The van der Waals surface area contributed by atoms with Crippen molar-refractivity contribution in [2.75, 3.05) is 11.5 Å². The van der Waals surface area contributed by atoms with Crippen LogP contribution < -0.4 is 9.64 Å². The fourth-order valence-corrected chi connectivity index (χ4v) is 4.13. The normalized spacial score (nSPS) is 16.0. The first-order valence-corrected chi connectivity index (χ1v) is 9.82. The van der Waals surface area contributed by atoms with Crippen LogP contribution in [0.4, 0.5) is 18.9 Å². The minimum absolute atomic E-state index is 0.0201. The zero-order chi connectivity index (χ0) is 21.3. The molecule has 3 rings (SSSR count). The van der Waals surface area contributed by atoms with Gasteiger partial charge in [0.2, 0.25) is 0 Å². The van der Waals surface area contributed by atoms with E-state index in [1.807, 2.05) is 0 Å². The number of hydrogen-bond acceptors (Lipinski definition) is 5. The maximum Gasteiger partial charge on any atom is 0.417 e. The van der Waals surface area contributed by atoms with Gasteiger partial charge in [0.05, 0.1) is 27.8 Å². The summed E-state index contributed by atoms with van der Waals surface area (Å²) in [6.07, 6.45) is -3.13. The van der Waals surface area contributed by atoms with Crippen LogP contribution in [0.25, 0.3) is 6.08 Å². The first-order chi connectivity index (χ1) is 13.6. The Morgan fingerprint density at radius 3 is 2.66 bits per heavy atom. The van der Waals surface area contributed by atoms with Crippen LogP contribution in [-0.2, 0) is 11.0 Å². The number of thiocarbonyl (C=S) groups is 1. The number of carbonyl (C=O) groups is 1. The average molecular weight is 460 g/mol. The van der Waals surface area contributed by atoms with Crippen LogP contribution in [0.1, 0.15) is 18.1 Å². The lowest BCUT2D eigenvalue weighted by atomic mass is 10.1. The number of benzene rings is 2. The molecule has 1 aliphatic rings. The Labute approximate surface area is 178 Å². The van der Waals surface area contributed by atoms with Gasteiger partial charge in [-0.25, -0.2) is 0 Å². The van der Waals surface area contributed by atoms with E-state index < -0.39 is 22.7 Å². The van der Waals surface area contributed by atoms with Gasteiger partial charge in [-0.3, -0.25) is 9.69 Å². The second-order valence-corrected chi connectivity index (χ2v) is 7.92. The number of amides is 1. The zero-order valence-electron chi connectivity index (χ0n) is 14.8. The van der Waals surface area contributed by atoms with E-state index in [1.165, 1.54) is 18.2 Å². The molecule has 4 nitrogen and oxygen atoms in total. The van der Waals surface area contributed by atoms with Crippen LogP contribution >= 0.6 is 35.6 Å². The van der Waals surface area contributed by atoms with Crippen molar-refractivity contribution in [2.45, 2.75) is 13.1 Å². The van der Waals surface area contributed by atoms with Crippen LogP contribution in [0.5, 0.6) is 11.5 Å². The monoisotopic (exact) mass is 459 g/mol. The van der Waals surface area contributed by atoms with Crippen molar-refractivity contribution in [1.82, 2.24) is 0 Å². The van der Waals surface area contributed by atoms with Gasteiger partial charge in [-0.1, -0.05) is 41.6 Å². The molecule has 1 aliphatic heterocycles. The molecule has 0 aromatic heterocycles. The van der Waals surface area contributed by atoms with Crippen LogP contribution in [0.3, 0.4) is 0 Å². The lowest BCUT2D eigenvalue weighted by molar-refractivity contribution is -0.137. The number of carbonyl (C=O) groups excluding carboxylic acids is 1. The highest BCUT2D eigenvalue weighted by Gasteiger charge is 2.37. The van der Waals surface area contributed by atoms with E-state index in [1.54, 1.807) is 19.1 Å². The summed E-state index contributed by atoms with van der Waals surface area (Å²) in [7, 11) is 0. The number of anilines is 1. The standard InChI is InChI=1S/C19H13ClF3NO3S2/c1-2-27-15-7-10(3-6-14(15)25)8-16-17(26)24(18(28)29-16)11-4-5-13(20)12(9-11)19(21,22)23/h3-9,25H,2H2,1H3/b16-8-. The summed E-state index contributed by atoms with van der Waals surface area (Å²) >= 11 is 11.8. The molecule has 0 atom stereocenters. The second-order valence-electron chi connectivity index (χ2n) is 5.84. The second kappa shape index (κ2) is 8.25. The third kappa shape index (κ3) is 4.52. The van der Waals surface area contributed by atoms with Crippen molar-refractivity contribution >= 4 is 57.6 Å². The highest BCUT2D eigenvalue weighted by atomic mass is 35.5. The van der Waals surface area contributed by atoms with E-state index in [2.05, 4.69) is 0 Å². The third-order valence-electron chi connectivity index (χ3n) is 3.89. The molecule has 1 amide bonds. The van der Waals surface area contributed by atoms with Gasteiger partial charge in [0.15, 0.2) is 15.8 Å². The molecular weight excluding hydrogens is 447 g/mol. The average Bonchev–Trinajstić information content (AvgIpc) is 2.91. The van der Waals surface area contributed by atoms with E-state index in [9.17, 15) is 23.1 Å². The number of thioether (sulfide) groups is 1. The van der Waals surface area contributed by atoms with Crippen molar-refractivity contribution in [3.8, 4) is 11.5 Å². The summed E-state index contributed by atoms with van der Waals surface area (Å²) in [5.41, 5.74) is -0.498. The Morgan fingerprint density at radius 2 is 2.00 bits per heavy atom. The van der Waals surface area contributed by atoms with Crippen molar-refractivity contribution in [2.24, 2.45) is 0 Å². The number of phenolic OH excluding ortho intramolecular Hbond substituents is 1. The molecule has 0 spiro atoms. The number of rotatable bonds is 4. The molecule has 1 saturated heterocycles. The molecular formula is C19H13ClF3NO3S2. The lowest BCUT2D eigenvalue weighted by Crippen LogP contribution is -2.27. The summed E-state index contributed by atoms with van der Waals surface area (Å²) < 4.78 is 44.8. The highest BCUT2D eigenvalue weighted by Crippen LogP contribution is 2.41. The number of alkyl halides is 3. The predicted octanol–water partition coefficient (Wildman–Crippen LogP) is 5.87. The molecule has 0 bridgehead atoms. The number of nitrogens with zero attached hydrogens (tertiary/aromatic N) is 1. The van der Waals surface area contributed by atoms with Crippen LogP contribution in [0, 0.1) is 0 Å². The lowest BCUT2D eigenvalue weighted by Gasteiger charge is -2.17. The molecule has 0 radical (unpaired) electrons. The summed E-state index contributed by atoms with van der Waals surface area (Å²) in [5, 5.41) is 9.31.